The fourth-order valence-electron chi connectivity index (χ4n) is 14.1. The van der Waals surface area contributed by atoms with E-state index in [0.29, 0.717) is 102 Å². The number of carbonyl (C=O) groups excluding carboxylic acids is 4. The van der Waals surface area contributed by atoms with Gasteiger partial charge in [0.15, 0.2) is 5.97 Å². The van der Waals surface area contributed by atoms with Gasteiger partial charge >= 0.3 is 282 Å². The van der Waals surface area contributed by atoms with Gasteiger partial charge in [0.25, 0.3) is 0 Å². The van der Waals surface area contributed by atoms with Gasteiger partial charge in [0.05, 0.1) is 23.0 Å². The molecule has 9 rings (SSSR count). The van der Waals surface area contributed by atoms with Gasteiger partial charge in [-0.3, -0.25) is 11.7 Å². The number of aliphatic hydroxyl groups excluding tert-OH is 1. The number of allylic oxidation sites excluding steroid dienone is 1. The van der Waals surface area contributed by atoms with Crippen molar-refractivity contribution >= 4 is 71.7 Å². The Labute approximate surface area is 1160 Å². The Bertz CT molecular complexity index is 2210. The molecule has 1 amide bonds. The van der Waals surface area contributed by atoms with Crippen molar-refractivity contribution in [1.82, 2.24) is 14.7 Å². The van der Waals surface area contributed by atoms with Gasteiger partial charge in [-0.1, -0.05) is 270 Å². The number of aldehydes is 1. The topological polar surface area (TPSA) is 244 Å². The molecule has 0 unspecified atom stereocenters. The van der Waals surface area contributed by atoms with E-state index in [2.05, 4.69) is 213 Å². The van der Waals surface area contributed by atoms with Crippen LogP contribution in [-0.2, 0) is 311 Å². The van der Waals surface area contributed by atoms with E-state index in [-0.39, 0.29) is 418 Å². The number of ketones is 1. The Morgan fingerprint density at radius 1 is 0.361 bits per heavy atom. The van der Waals surface area contributed by atoms with Crippen molar-refractivity contribution in [2.24, 2.45) is 53.3 Å². The maximum atomic E-state index is 10.2. The molecule has 9 saturated carbocycles. The second-order valence-corrected chi connectivity index (χ2v) is 40.0. The number of alkyl halides is 1. The molecule has 0 aliphatic heterocycles. The molecule has 5 radical (unpaired) electrons. The fourth-order valence-corrected chi connectivity index (χ4v) is 14.7. The SMILES string of the molecule is C.C.C[N-]C1CCC(CC=C(Br)Br)CC1.C[N-]C1CCC(CC=O)CC1.C[N-]C1CCC(CO)CC1.C[N-]C1CCC(COCCBr)CC1.[CH2-]C(=O)N(C)C.[CH2-]C(=O)OC.[CH2-]C(C)(C)N(C)C.[CH2-]C(C)(C)N(C)C.[CH2-]C(C)=O.[CH2-]C1CCC([N-]C)CC1.[CH2-]C1CCC([N-]C)CC1.[CH2-]C1CCC([N-]C)CC1.[CH2-]C1CCC([N-]C)CC1.[CH2-]C1CCC([N-]C)CC1.[CH3-].[CH3-].[CH3-].[CH3-].[CH3-].[CH3-].[CH3-].[CH3-].[CH3-].[U].[V+2].[V+2].[V+2].[V+2].[V+2].[W+2].[W+2].[W+2].[W+2].[W+2].[W+2].[W+2].[W+2].[W+2]. The van der Waals surface area contributed by atoms with Crippen LogP contribution in [0.1, 0.15) is 293 Å². The van der Waals surface area contributed by atoms with E-state index in [1.165, 1.54) is 257 Å². The summed E-state index contributed by atoms with van der Waals surface area (Å²) in [5.74, 6) is 5.71. The second kappa shape index (κ2) is 161. The first kappa shape index (κ1) is 240. The number of hydrogen-bond acceptors (Lipinski definition) is 9. The van der Waals surface area contributed by atoms with Crippen molar-refractivity contribution in [3.05, 3.63) is 193 Å². The number of esters is 1. The van der Waals surface area contributed by atoms with Gasteiger partial charge in [0, 0.05) is 70.2 Å². The molecule has 1 N–H and O–H groups in total. The van der Waals surface area contributed by atoms with Crippen LogP contribution < -0.4 is 0 Å². The predicted octanol–water partition coefficient (Wildman–Crippen LogP) is 31.0. The van der Waals surface area contributed by atoms with E-state index >= 15 is 0 Å². The third-order valence-electron chi connectivity index (χ3n) is 24.6. The molecule has 9 aliphatic rings. The van der Waals surface area contributed by atoms with Crippen LogP contribution in [0.5, 0.6) is 0 Å². The molecule has 0 saturated heterocycles. The van der Waals surface area contributed by atoms with E-state index in [1.54, 1.807) is 14.1 Å². The molecule has 147 heavy (non-hydrogen) atoms. The Morgan fingerprint density at radius 2 is 0.510 bits per heavy atom. The third kappa shape index (κ3) is 161. The van der Waals surface area contributed by atoms with Crippen molar-refractivity contribution < 1.29 is 347 Å². The van der Waals surface area contributed by atoms with E-state index in [4.69, 9.17) is 9.84 Å². The summed E-state index contributed by atoms with van der Waals surface area (Å²) >= 11 is 10.1. The molecule has 0 aromatic carbocycles. The van der Waals surface area contributed by atoms with E-state index in [0.717, 1.165) is 46.5 Å². The standard InChI is InChI=1S/C10H16Br2N.C10H19BrNO.C9H16NO.C8H16NO.5C8H15N.2C6H14N.C4H8NO.C3H5O2.C3H5O.2CH4.9CH3.U.5V.9W/c1-13-9-5-2-8(3-6-9)4-7-10(11)12;1-12-10-4-2-9(3-5-10)8-13-7-6-11;1-10-9-4-2-8(3-5-9)6-7-11;1-9-8-4-2-7(6-10)3-5-8;5*1-7-3-5-8(9-2)6-4-7;2*1-6(2,3)7(4)5;1-4(6)5(2)3;1-3(4)5-2;1-3(2)4;;;;;;;;;;;;;;;;;;;;;;;;;;/h7-9H,2-6H2,1H3;9-10H,2-8H2,1H3;7-9H,2-6H2,1H3;7-8,10H,2-6H2,1H3;5*7-8H,1,3-6H2,2H3;2*1H2,2-5H3;1H2,2-3H3;1H2,2H3;1H2,2H3;2*1H4;9*1H3;;;;;;;;;;;;;;;/q4*-1;5*-2;5*-1;;;9*-1;;14*+2. The van der Waals surface area contributed by atoms with Gasteiger partial charge < -0.3 is 221 Å². The number of aliphatic hydroxyl groups is 1. The minimum absolute atomic E-state index is 0. The predicted molar refractivity (Wildman–Crippen MR) is 610 cm³/mol. The van der Waals surface area contributed by atoms with Crippen molar-refractivity contribution in [2.75, 3.05) is 138 Å². The average Bonchev–Trinajstić information content (AvgIpc) is 0.914. The van der Waals surface area contributed by atoms with Gasteiger partial charge in [-0.05, 0) is 129 Å². The Morgan fingerprint density at radius 3 is 0.633 bits per heavy atom. The molecule has 0 spiro atoms. The summed E-state index contributed by atoms with van der Waals surface area (Å²) in [4.78, 5) is 44.5. The molecular formula is C110H223Br3N12O7UV5W9. The molecule has 37 heteroatoms. The smallest absolute Gasteiger partial charge is 0.662 e. The van der Waals surface area contributed by atoms with Crippen LogP contribution >= 0.6 is 47.8 Å². The van der Waals surface area contributed by atoms with Crippen molar-refractivity contribution in [3.63, 3.8) is 0 Å². The number of Topliss-reactive ketones (excluding diaryl/α,β-unsaturated/α-hetero) is 1. The number of nitrogens with zero attached hydrogens (tertiary/aromatic N) is 12. The van der Waals surface area contributed by atoms with E-state index in [1.807, 2.05) is 91.6 Å². The number of methoxy groups -OCH3 is 1. The number of halogens is 3. The van der Waals surface area contributed by atoms with Gasteiger partial charge in [0.1, 0.15) is 6.29 Å². The summed E-state index contributed by atoms with van der Waals surface area (Å²) in [6.07, 6.45) is 50.5. The Hall–Kier alpha value is 8.72. The third-order valence-corrected chi connectivity index (χ3v) is 25.6. The van der Waals surface area contributed by atoms with Crippen molar-refractivity contribution in [2.45, 2.75) is 359 Å². The van der Waals surface area contributed by atoms with Gasteiger partial charge in [-0.2, -0.15) is 93.0 Å². The van der Waals surface area contributed by atoms with Crippen LogP contribution in [0, 0.1) is 220 Å². The number of ether oxygens (including phenoxy) is 2. The van der Waals surface area contributed by atoms with Crippen LogP contribution in [-0.4, -0.2) is 247 Å². The van der Waals surface area contributed by atoms with Gasteiger partial charge in [-0.15, -0.1) is 65.5 Å². The molecule has 0 aromatic heterocycles. The largest absolute Gasteiger partial charge is 2.00 e. The molecule has 869 valence electrons. The minimum atomic E-state index is -0.495. The molecule has 0 atom stereocenters. The normalized spacial score (nSPS) is 23.0. The quantitative estimate of drug-likeness (QED) is 0.0400. The molecule has 0 aromatic rings. The van der Waals surface area contributed by atoms with Crippen molar-refractivity contribution in [3.8, 4) is 0 Å². The summed E-state index contributed by atoms with van der Waals surface area (Å²) in [5, 5.41) is 48.2. The van der Waals surface area contributed by atoms with Crippen LogP contribution in [0.2, 0.25) is 0 Å². The molecule has 9 aliphatic carbocycles. The monoisotopic (exact) mass is 4210 g/mol. The van der Waals surface area contributed by atoms with Gasteiger partial charge in [-0.25, -0.2) is 0 Å². The molecule has 19 nitrogen and oxygen atoms in total. The zero-order chi connectivity index (χ0) is 93.3. The first-order chi connectivity index (χ1) is 57.0. The summed E-state index contributed by atoms with van der Waals surface area (Å²) < 4.78 is 10.6. The summed E-state index contributed by atoms with van der Waals surface area (Å²) in [5.41, 5.74) is 0.167. The zero-order valence-corrected chi connectivity index (χ0v) is 139. The fraction of sp³-hybridized carbons (Fsp3) is 0.773. The summed E-state index contributed by atoms with van der Waals surface area (Å²) in [6, 6.07) is 5.72. The Kier molecular flexibility index (Phi) is 262. The molecular weight excluding hydrogens is 3990 g/mol. The molecule has 0 bridgehead atoms. The first-order valence-electron chi connectivity index (χ1n) is 45.9. The summed E-state index contributed by atoms with van der Waals surface area (Å²) in [6.45, 7) is 48.8. The van der Waals surface area contributed by atoms with Crippen molar-refractivity contribution in [1.29, 1.82) is 0 Å². The maximum absolute atomic E-state index is 10.2. The van der Waals surface area contributed by atoms with Crippen LogP contribution in [0.4, 0.5) is 0 Å². The number of hydrogen-bond donors (Lipinski definition) is 1. The number of rotatable bonds is 20. The minimum Gasteiger partial charge on any atom is -0.662 e. The van der Waals surface area contributed by atoms with Crippen LogP contribution in [0.15, 0.2) is 9.47 Å². The zero-order valence-electron chi connectivity index (χ0n) is 97.1. The van der Waals surface area contributed by atoms with Crippen LogP contribution in [0.25, 0.3) is 47.9 Å². The number of carbonyl (C=O) groups is 4. The second-order valence-electron chi connectivity index (χ2n) is 36.5. The number of amides is 1. The van der Waals surface area contributed by atoms with Crippen LogP contribution in [0.3, 0.4) is 0 Å². The summed E-state index contributed by atoms with van der Waals surface area (Å²) in [7, 11) is 30.0. The first-order valence-corrected chi connectivity index (χ1v) is 48.7. The van der Waals surface area contributed by atoms with E-state index in [9.17, 15) is 19.2 Å². The van der Waals surface area contributed by atoms with E-state index < -0.39 is 5.97 Å². The maximum Gasteiger partial charge on any atom is 2.00 e. The molecule has 9 fully saturated rings. The Balaban J connectivity index is -0.0000000338. The average molecular weight is 4210 g/mol. The molecule has 0 heterocycles. The van der Waals surface area contributed by atoms with Gasteiger partial charge in [0.2, 0.25) is 0 Å².